The van der Waals surface area contributed by atoms with Crippen molar-refractivity contribution < 1.29 is 13.3 Å². The number of ether oxygens (including phenoxy) is 1. The molecule has 0 saturated heterocycles. The van der Waals surface area contributed by atoms with E-state index in [0.717, 1.165) is 60.1 Å². The second-order valence-electron chi connectivity index (χ2n) is 9.92. The Morgan fingerprint density at radius 3 is 2.29 bits per heavy atom. The fourth-order valence-electron chi connectivity index (χ4n) is 4.51. The number of aryl methyl sites for hydroxylation is 1. The highest BCUT2D eigenvalue weighted by Gasteiger charge is 2.46. The fraction of sp³-hybridized carbons (Fsp3) is 0.517. The van der Waals surface area contributed by atoms with Crippen LogP contribution >= 0.6 is 0 Å². The van der Waals surface area contributed by atoms with Crippen molar-refractivity contribution in [3.63, 3.8) is 0 Å². The predicted octanol–water partition coefficient (Wildman–Crippen LogP) is 7.10. The standard InChI is InChI=1S/C19H26FNO2S.C8H7N.C2H6/c1-18(2,3)24(22)21-17-16-11-14(20)6-5-13(16)12-19(17)9-7-15(23-4)8-10-19;1-7-4-2-3-5-8(7)6-9;1-2/h5-6,11,15H,7-10,12H2,1-4H3;2-5H,1H3;1-2H3/b21-17+;;. The van der Waals surface area contributed by atoms with Crippen molar-refractivity contribution in [2.45, 2.75) is 84.5 Å². The Balaban J connectivity index is 0.000000329. The molecule has 1 atom stereocenters. The van der Waals surface area contributed by atoms with E-state index in [9.17, 15) is 8.60 Å². The van der Waals surface area contributed by atoms with E-state index in [1.165, 1.54) is 6.07 Å². The molecule has 0 amide bonds. The van der Waals surface area contributed by atoms with Crippen LogP contribution in [-0.2, 0) is 22.1 Å². The molecule has 1 saturated carbocycles. The van der Waals surface area contributed by atoms with Crippen molar-refractivity contribution in [1.29, 1.82) is 5.26 Å². The first-order valence-corrected chi connectivity index (χ1v) is 13.5. The van der Waals surface area contributed by atoms with Gasteiger partial charge in [0.25, 0.3) is 0 Å². The number of methoxy groups -OCH3 is 1. The van der Waals surface area contributed by atoms with E-state index in [0.29, 0.717) is 0 Å². The summed E-state index contributed by atoms with van der Waals surface area (Å²) in [5.74, 6) is -0.259. The average Bonchev–Trinajstić information content (AvgIpc) is 3.13. The number of hydrogen-bond acceptors (Lipinski definition) is 3. The van der Waals surface area contributed by atoms with Crippen LogP contribution < -0.4 is 0 Å². The second-order valence-corrected chi connectivity index (χ2v) is 11.8. The molecule has 0 aliphatic heterocycles. The van der Waals surface area contributed by atoms with Gasteiger partial charge in [-0.15, -0.1) is 0 Å². The van der Waals surface area contributed by atoms with E-state index in [1.807, 2.05) is 71.9 Å². The van der Waals surface area contributed by atoms with Gasteiger partial charge >= 0.3 is 0 Å². The van der Waals surface area contributed by atoms with Crippen LogP contribution in [0.4, 0.5) is 4.39 Å². The van der Waals surface area contributed by atoms with Crippen LogP contribution in [0.15, 0.2) is 46.9 Å². The van der Waals surface area contributed by atoms with Crippen LogP contribution in [0, 0.1) is 29.5 Å². The lowest BCUT2D eigenvalue weighted by Gasteiger charge is -2.37. The summed E-state index contributed by atoms with van der Waals surface area (Å²) in [5, 5.41) is 8.47. The van der Waals surface area contributed by atoms with E-state index in [2.05, 4.69) is 10.5 Å². The summed E-state index contributed by atoms with van der Waals surface area (Å²) in [7, 11) is 0.410. The lowest BCUT2D eigenvalue weighted by atomic mass is 9.70. The minimum atomic E-state index is -1.35. The van der Waals surface area contributed by atoms with Crippen molar-refractivity contribution in [1.82, 2.24) is 0 Å². The molecule has 0 heterocycles. The van der Waals surface area contributed by atoms with Gasteiger partial charge < -0.3 is 4.74 Å². The highest BCUT2D eigenvalue weighted by molar-refractivity contribution is 7.85. The summed E-state index contributed by atoms with van der Waals surface area (Å²) in [6, 6.07) is 14.6. The molecule has 4 rings (SSSR count). The van der Waals surface area contributed by atoms with Gasteiger partial charge in [-0.25, -0.2) is 8.60 Å². The second kappa shape index (κ2) is 12.6. The zero-order valence-electron chi connectivity index (χ0n) is 22.2. The average molecular weight is 499 g/mol. The molecule has 1 unspecified atom stereocenters. The van der Waals surface area contributed by atoms with Crippen LogP contribution in [0.1, 0.15) is 82.6 Å². The molecule has 0 N–H and O–H groups in total. The Labute approximate surface area is 213 Å². The fourth-order valence-corrected chi connectivity index (χ4v) is 5.25. The Morgan fingerprint density at radius 1 is 1.14 bits per heavy atom. The number of fused-ring (bicyclic) bond motifs is 1. The van der Waals surface area contributed by atoms with Crippen LogP contribution in [0.3, 0.4) is 0 Å². The molecule has 2 aromatic carbocycles. The first kappa shape index (κ1) is 28.9. The number of nitrogens with zero attached hydrogens (tertiary/aromatic N) is 2. The molecule has 1 fully saturated rings. The van der Waals surface area contributed by atoms with E-state index in [1.54, 1.807) is 13.2 Å². The molecule has 1 spiro atoms. The molecule has 0 aromatic heterocycles. The maximum Gasteiger partial charge on any atom is 0.145 e. The molecule has 0 radical (unpaired) electrons. The highest BCUT2D eigenvalue weighted by Crippen LogP contribution is 2.48. The van der Waals surface area contributed by atoms with Crippen LogP contribution in [-0.4, -0.2) is 27.9 Å². The summed E-state index contributed by atoms with van der Waals surface area (Å²) >= 11 is 0. The van der Waals surface area contributed by atoms with Gasteiger partial charge in [-0.05, 0) is 89.1 Å². The molecule has 2 aromatic rings. The predicted molar refractivity (Wildman–Crippen MR) is 143 cm³/mol. The van der Waals surface area contributed by atoms with Gasteiger partial charge in [-0.3, -0.25) is 0 Å². The van der Waals surface area contributed by atoms with Crippen molar-refractivity contribution in [2.75, 3.05) is 7.11 Å². The maximum absolute atomic E-state index is 13.8. The quantitative estimate of drug-likeness (QED) is 0.443. The van der Waals surface area contributed by atoms with E-state index < -0.39 is 15.7 Å². The monoisotopic (exact) mass is 498 g/mol. The zero-order valence-corrected chi connectivity index (χ0v) is 23.0. The number of nitriles is 1. The lowest BCUT2D eigenvalue weighted by Crippen LogP contribution is -2.36. The summed E-state index contributed by atoms with van der Waals surface area (Å²) in [5.41, 5.74) is 4.50. The van der Waals surface area contributed by atoms with Crippen molar-refractivity contribution in [2.24, 2.45) is 9.81 Å². The van der Waals surface area contributed by atoms with E-state index in [4.69, 9.17) is 10.00 Å². The first-order chi connectivity index (χ1) is 16.6. The van der Waals surface area contributed by atoms with E-state index >= 15 is 0 Å². The van der Waals surface area contributed by atoms with Gasteiger partial charge in [0.1, 0.15) is 16.8 Å². The van der Waals surface area contributed by atoms with Gasteiger partial charge in [0.15, 0.2) is 0 Å². The van der Waals surface area contributed by atoms with Crippen LogP contribution in [0.5, 0.6) is 0 Å². The van der Waals surface area contributed by atoms with Crippen molar-refractivity contribution >= 4 is 16.7 Å². The normalized spacial score (nSPS) is 22.8. The lowest BCUT2D eigenvalue weighted by molar-refractivity contribution is 0.0468. The first-order valence-electron chi connectivity index (χ1n) is 12.4. The third-order valence-corrected chi connectivity index (χ3v) is 7.94. The van der Waals surface area contributed by atoms with Gasteiger partial charge in [-0.2, -0.15) is 9.66 Å². The Bertz CT molecular complexity index is 1090. The molecule has 4 nitrogen and oxygen atoms in total. The Morgan fingerprint density at radius 2 is 1.77 bits per heavy atom. The minimum absolute atomic E-state index is 0.119. The van der Waals surface area contributed by atoms with Crippen molar-refractivity contribution in [3.8, 4) is 6.07 Å². The largest absolute Gasteiger partial charge is 0.381 e. The number of benzene rings is 2. The topological polar surface area (TPSA) is 62.4 Å². The molecule has 6 heteroatoms. The molecule has 2 aliphatic carbocycles. The molecule has 190 valence electrons. The van der Waals surface area contributed by atoms with Gasteiger partial charge in [0, 0.05) is 18.1 Å². The number of hydrogen-bond donors (Lipinski definition) is 0. The van der Waals surface area contributed by atoms with Gasteiger partial charge in [0.2, 0.25) is 0 Å². The zero-order chi connectivity index (χ0) is 26.2. The summed E-state index contributed by atoms with van der Waals surface area (Å²) < 4.78 is 36.2. The molecular formula is C29H39FN2O2S. The summed E-state index contributed by atoms with van der Waals surface area (Å²) in [6.07, 6.45) is 4.97. The molecular weight excluding hydrogens is 459 g/mol. The maximum atomic E-state index is 13.8. The summed E-state index contributed by atoms with van der Waals surface area (Å²) in [6.45, 7) is 11.7. The molecule has 2 aliphatic rings. The highest BCUT2D eigenvalue weighted by atomic mass is 32.2. The summed E-state index contributed by atoms with van der Waals surface area (Å²) in [4.78, 5) is 0. The minimum Gasteiger partial charge on any atom is -0.381 e. The number of rotatable bonds is 2. The van der Waals surface area contributed by atoms with E-state index in [-0.39, 0.29) is 17.3 Å². The third kappa shape index (κ3) is 7.08. The Kier molecular flexibility index (Phi) is 10.4. The third-order valence-electron chi connectivity index (χ3n) is 6.54. The smallest absolute Gasteiger partial charge is 0.145 e. The Hall–Kier alpha value is -2.36. The molecule has 35 heavy (non-hydrogen) atoms. The SMILES string of the molecule is CC.COC1CCC2(CC1)Cc1ccc(F)cc1/C2=N\S(=O)C(C)(C)C.Cc1ccccc1C#N. The van der Waals surface area contributed by atoms with Gasteiger partial charge in [0.05, 0.1) is 28.2 Å². The van der Waals surface area contributed by atoms with Crippen LogP contribution in [0.2, 0.25) is 0 Å². The number of halogens is 1. The van der Waals surface area contributed by atoms with Gasteiger partial charge in [-0.1, -0.05) is 38.1 Å². The molecule has 0 bridgehead atoms. The van der Waals surface area contributed by atoms with Crippen molar-refractivity contribution in [3.05, 3.63) is 70.5 Å². The van der Waals surface area contributed by atoms with Crippen LogP contribution in [0.25, 0.3) is 0 Å².